The van der Waals surface area contributed by atoms with E-state index in [0.717, 1.165) is 13.0 Å². The van der Waals surface area contributed by atoms with Gasteiger partial charge in [-0.1, -0.05) is 13.3 Å². The fourth-order valence-electron chi connectivity index (χ4n) is 2.58. The van der Waals surface area contributed by atoms with E-state index in [-0.39, 0.29) is 0 Å². The summed E-state index contributed by atoms with van der Waals surface area (Å²) in [7, 11) is 0. The van der Waals surface area contributed by atoms with E-state index in [2.05, 4.69) is 22.7 Å². The van der Waals surface area contributed by atoms with Crippen LogP contribution in [-0.2, 0) is 6.42 Å². The summed E-state index contributed by atoms with van der Waals surface area (Å²) in [5.41, 5.74) is 5.79. The van der Waals surface area contributed by atoms with E-state index < -0.39 is 0 Å². The fourth-order valence-corrected chi connectivity index (χ4v) is 2.58. The van der Waals surface area contributed by atoms with Crippen LogP contribution < -0.4 is 5.73 Å². The van der Waals surface area contributed by atoms with Gasteiger partial charge in [0.05, 0.1) is 0 Å². The quantitative estimate of drug-likeness (QED) is 0.794. The van der Waals surface area contributed by atoms with Crippen molar-refractivity contribution in [2.75, 3.05) is 6.54 Å². The predicted molar refractivity (Wildman–Crippen MR) is 57.0 cm³/mol. The first-order chi connectivity index (χ1) is 6.86. The van der Waals surface area contributed by atoms with Crippen molar-refractivity contribution in [3.63, 3.8) is 0 Å². The highest BCUT2D eigenvalue weighted by molar-refractivity contribution is 4.98. The van der Waals surface area contributed by atoms with Crippen molar-refractivity contribution < 1.29 is 0 Å². The van der Waals surface area contributed by atoms with E-state index in [4.69, 9.17) is 5.73 Å². The molecule has 0 bridgehead atoms. The zero-order valence-electron chi connectivity index (χ0n) is 8.82. The van der Waals surface area contributed by atoms with Gasteiger partial charge < -0.3 is 10.3 Å². The van der Waals surface area contributed by atoms with Crippen molar-refractivity contribution in [3.05, 3.63) is 18.2 Å². The highest BCUT2D eigenvalue weighted by Gasteiger charge is 2.28. The van der Waals surface area contributed by atoms with Crippen molar-refractivity contribution in [2.45, 2.75) is 38.6 Å². The van der Waals surface area contributed by atoms with E-state index in [1.807, 2.05) is 6.20 Å². The third-order valence-electron chi connectivity index (χ3n) is 3.34. The molecule has 1 heterocycles. The largest absolute Gasteiger partial charge is 0.332 e. The van der Waals surface area contributed by atoms with E-state index in [0.29, 0.717) is 12.0 Å². The second-order valence-corrected chi connectivity index (χ2v) is 4.10. The molecule has 0 spiro atoms. The molecule has 1 aromatic heterocycles. The number of nitrogens with zero attached hydrogens (tertiary/aromatic N) is 2. The summed E-state index contributed by atoms with van der Waals surface area (Å²) in [6.07, 6.45) is 8.89. The number of hydrogen-bond donors (Lipinski definition) is 1. The smallest absolute Gasteiger partial charge is 0.108 e. The molecule has 1 aliphatic carbocycles. The van der Waals surface area contributed by atoms with Gasteiger partial charge in [0.25, 0.3) is 0 Å². The summed E-state index contributed by atoms with van der Waals surface area (Å²) in [6, 6.07) is 0.609. The fraction of sp³-hybridized carbons (Fsp3) is 0.727. The Morgan fingerprint density at radius 2 is 2.43 bits per heavy atom. The number of rotatable bonds is 3. The van der Waals surface area contributed by atoms with Crippen molar-refractivity contribution >= 4 is 0 Å². The Morgan fingerprint density at radius 3 is 3.14 bits per heavy atom. The maximum absolute atomic E-state index is 5.79. The first-order valence-corrected chi connectivity index (χ1v) is 5.58. The molecule has 3 nitrogen and oxygen atoms in total. The molecule has 0 aromatic carbocycles. The van der Waals surface area contributed by atoms with Gasteiger partial charge in [-0.2, -0.15) is 0 Å². The SMILES string of the molecule is CCc1nccn1C1CCCC1CN. The van der Waals surface area contributed by atoms with Crippen LogP contribution in [0.15, 0.2) is 12.4 Å². The summed E-state index contributed by atoms with van der Waals surface area (Å²) in [4.78, 5) is 4.37. The number of imidazole rings is 1. The van der Waals surface area contributed by atoms with E-state index >= 15 is 0 Å². The predicted octanol–water partition coefficient (Wildman–Crippen LogP) is 1.75. The van der Waals surface area contributed by atoms with Gasteiger partial charge in [0, 0.05) is 24.9 Å². The van der Waals surface area contributed by atoms with Crippen LogP contribution in [0.25, 0.3) is 0 Å². The lowest BCUT2D eigenvalue weighted by atomic mass is 10.0. The van der Waals surface area contributed by atoms with Crippen LogP contribution in [0, 0.1) is 5.92 Å². The Labute approximate surface area is 85.3 Å². The lowest BCUT2D eigenvalue weighted by Gasteiger charge is -2.21. The Hall–Kier alpha value is -0.830. The van der Waals surface area contributed by atoms with Crippen molar-refractivity contribution in [1.29, 1.82) is 0 Å². The van der Waals surface area contributed by atoms with Gasteiger partial charge in [-0.15, -0.1) is 0 Å². The highest BCUT2D eigenvalue weighted by atomic mass is 15.1. The molecule has 0 aliphatic heterocycles. The second kappa shape index (κ2) is 4.13. The zero-order valence-corrected chi connectivity index (χ0v) is 8.82. The average Bonchev–Trinajstić information content (AvgIpc) is 2.85. The standard InChI is InChI=1S/C11H19N3/c1-2-11-13-6-7-14(11)10-5-3-4-9(10)8-12/h6-7,9-10H,2-5,8,12H2,1H3. The topological polar surface area (TPSA) is 43.8 Å². The van der Waals surface area contributed by atoms with Crippen LogP contribution in [-0.4, -0.2) is 16.1 Å². The van der Waals surface area contributed by atoms with Gasteiger partial charge in [-0.3, -0.25) is 0 Å². The third-order valence-corrected chi connectivity index (χ3v) is 3.34. The molecule has 0 saturated heterocycles. The van der Waals surface area contributed by atoms with Gasteiger partial charge >= 0.3 is 0 Å². The van der Waals surface area contributed by atoms with Crippen LogP contribution >= 0.6 is 0 Å². The number of aromatic nitrogens is 2. The van der Waals surface area contributed by atoms with Crippen LogP contribution in [0.3, 0.4) is 0 Å². The lowest BCUT2D eigenvalue weighted by Crippen LogP contribution is -2.22. The van der Waals surface area contributed by atoms with Crippen molar-refractivity contribution in [1.82, 2.24) is 9.55 Å². The summed E-state index contributed by atoms with van der Waals surface area (Å²) in [5.74, 6) is 1.87. The van der Waals surface area contributed by atoms with Crippen molar-refractivity contribution in [2.24, 2.45) is 11.7 Å². The first kappa shape index (κ1) is 9.71. The minimum atomic E-state index is 0.609. The molecule has 2 atom stereocenters. The lowest BCUT2D eigenvalue weighted by molar-refractivity contribution is 0.378. The monoisotopic (exact) mass is 193 g/mol. The molecule has 0 amide bonds. The van der Waals surface area contributed by atoms with E-state index in [1.54, 1.807) is 0 Å². The van der Waals surface area contributed by atoms with Gasteiger partial charge in [0.2, 0.25) is 0 Å². The van der Waals surface area contributed by atoms with Crippen LogP contribution in [0.5, 0.6) is 0 Å². The molecule has 3 heteroatoms. The normalized spacial score (nSPS) is 27.0. The Balaban J connectivity index is 2.21. The van der Waals surface area contributed by atoms with E-state index in [9.17, 15) is 0 Å². The summed E-state index contributed by atoms with van der Waals surface area (Å²) in [5, 5.41) is 0. The number of nitrogens with two attached hydrogens (primary N) is 1. The third kappa shape index (κ3) is 1.57. The molecule has 1 aliphatic rings. The first-order valence-electron chi connectivity index (χ1n) is 5.58. The van der Waals surface area contributed by atoms with Gasteiger partial charge in [0.15, 0.2) is 0 Å². The minimum Gasteiger partial charge on any atom is -0.332 e. The zero-order chi connectivity index (χ0) is 9.97. The molecular weight excluding hydrogens is 174 g/mol. The summed E-state index contributed by atoms with van der Waals surface area (Å²) >= 11 is 0. The van der Waals surface area contributed by atoms with E-state index in [1.165, 1.54) is 25.1 Å². The molecule has 1 fully saturated rings. The maximum Gasteiger partial charge on any atom is 0.108 e. The summed E-state index contributed by atoms with van der Waals surface area (Å²) < 4.78 is 2.34. The Bertz CT molecular complexity index is 292. The maximum atomic E-state index is 5.79. The van der Waals surface area contributed by atoms with Gasteiger partial charge in [0.1, 0.15) is 5.82 Å². The average molecular weight is 193 g/mol. The van der Waals surface area contributed by atoms with Gasteiger partial charge in [-0.05, 0) is 25.3 Å². The molecule has 14 heavy (non-hydrogen) atoms. The molecule has 1 aromatic rings. The second-order valence-electron chi connectivity index (χ2n) is 4.10. The molecule has 2 N–H and O–H groups in total. The Morgan fingerprint density at radius 1 is 1.57 bits per heavy atom. The van der Waals surface area contributed by atoms with Crippen LogP contribution in [0.4, 0.5) is 0 Å². The molecule has 0 radical (unpaired) electrons. The molecule has 2 rings (SSSR count). The number of hydrogen-bond acceptors (Lipinski definition) is 2. The molecule has 78 valence electrons. The minimum absolute atomic E-state index is 0.609. The number of aryl methyl sites for hydroxylation is 1. The van der Waals surface area contributed by atoms with Crippen LogP contribution in [0.1, 0.15) is 38.1 Å². The molecule has 2 unspecified atom stereocenters. The van der Waals surface area contributed by atoms with Crippen LogP contribution in [0.2, 0.25) is 0 Å². The van der Waals surface area contributed by atoms with Crippen molar-refractivity contribution in [3.8, 4) is 0 Å². The van der Waals surface area contributed by atoms with Gasteiger partial charge in [-0.25, -0.2) is 4.98 Å². The molecular formula is C11H19N3. The Kier molecular flexibility index (Phi) is 2.87. The highest BCUT2D eigenvalue weighted by Crippen LogP contribution is 2.35. The summed E-state index contributed by atoms with van der Waals surface area (Å²) in [6.45, 7) is 2.97. The molecule has 1 saturated carbocycles.